The topological polar surface area (TPSA) is 49.9 Å². The minimum absolute atomic E-state index is 0.0554. The lowest BCUT2D eigenvalue weighted by atomic mass is 10.2. The van der Waals surface area contributed by atoms with Crippen LogP contribution in [0.3, 0.4) is 0 Å². The van der Waals surface area contributed by atoms with Gasteiger partial charge in [0.1, 0.15) is 11.6 Å². The number of hydrogen-bond donors (Lipinski definition) is 0. The van der Waals surface area contributed by atoms with Gasteiger partial charge in [-0.2, -0.15) is 0 Å². The summed E-state index contributed by atoms with van der Waals surface area (Å²) in [6.07, 6.45) is 1.03. The molecule has 0 N–H and O–H groups in total. The standard InChI is InChI=1S/C16H21FN2O3/c1-13(20)18-8-10-19(11-9-18)16(21)3-2-12-22-15-6-4-14(17)5-7-15/h4-7H,2-3,8-12H2,1H3. The quantitative estimate of drug-likeness (QED) is 0.778. The number of benzene rings is 1. The maximum atomic E-state index is 12.7. The molecule has 1 aromatic rings. The molecule has 22 heavy (non-hydrogen) atoms. The molecular formula is C16H21FN2O3. The fraction of sp³-hybridized carbons (Fsp3) is 0.500. The first-order valence-corrected chi connectivity index (χ1v) is 7.48. The zero-order valence-corrected chi connectivity index (χ0v) is 12.8. The molecule has 2 rings (SSSR count). The number of carbonyl (C=O) groups is 2. The molecule has 1 aliphatic heterocycles. The van der Waals surface area contributed by atoms with E-state index in [1.807, 2.05) is 0 Å². The SMILES string of the molecule is CC(=O)N1CCN(C(=O)CCCOc2ccc(F)cc2)CC1. The Labute approximate surface area is 129 Å². The predicted molar refractivity (Wildman–Crippen MR) is 80.0 cm³/mol. The van der Waals surface area contributed by atoms with Gasteiger partial charge in [0.25, 0.3) is 0 Å². The van der Waals surface area contributed by atoms with E-state index in [9.17, 15) is 14.0 Å². The molecule has 0 aromatic heterocycles. The molecule has 0 aliphatic carbocycles. The summed E-state index contributed by atoms with van der Waals surface area (Å²) < 4.78 is 18.2. The van der Waals surface area contributed by atoms with Crippen molar-refractivity contribution >= 4 is 11.8 Å². The first-order valence-electron chi connectivity index (χ1n) is 7.48. The molecule has 1 fully saturated rings. The minimum atomic E-state index is -0.299. The van der Waals surface area contributed by atoms with E-state index in [0.717, 1.165) is 0 Å². The van der Waals surface area contributed by atoms with E-state index in [1.54, 1.807) is 28.9 Å². The molecule has 120 valence electrons. The highest BCUT2D eigenvalue weighted by atomic mass is 19.1. The van der Waals surface area contributed by atoms with Gasteiger partial charge in [0.05, 0.1) is 6.61 Å². The average Bonchev–Trinajstić information content (AvgIpc) is 2.53. The molecule has 0 bridgehead atoms. The van der Waals surface area contributed by atoms with Gasteiger partial charge in [0.2, 0.25) is 11.8 Å². The van der Waals surface area contributed by atoms with Crippen LogP contribution >= 0.6 is 0 Å². The highest BCUT2D eigenvalue weighted by molar-refractivity contribution is 5.77. The van der Waals surface area contributed by atoms with E-state index in [2.05, 4.69) is 0 Å². The van der Waals surface area contributed by atoms with Gasteiger partial charge in [-0.1, -0.05) is 0 Å². The Morgan fingerprint density at radius 3 is 2.27 bits per heavy atom. The Kier molecular flexibility index (Phi) is 5.75. The zero-order valence-electron chi connectivity index (χ0n) is 12.8. The number of piperazine rings is 1. The molecule has 0 radical (unpaired) electrons. The molecule has 5 nitrogen and oxygen atoms in total. The summed E-state index contributed by atoms with van der Waals surface area (Å²) in [5.74, 6) is 0.446. The van der Waals surface area contributed by atoms with Crippen molar-refractivity contribution in [1.29, 1.82) is 0 Å². The molecule has 1 heterocycles. The smallest absolute Gasteiger partial charge is 0.222 e. The number of halogens is 1. The van der Waals surface area contributed by atoms with Gasteiger partial charge < -0.3 is 14.5 Å². The first kappa shape index (κ1) is 16.3. The van der Waals surface area contributed by atoms with Gasteiger partial charge in [-0.3, -0.25) is 9.59 Å². The number of amides is 2. The van der Waals surface area contributed by atoms with Crippen LogP contribution in [0.4, 0.5) is 4.39 Å². The number of nitrogens with zero attached hydrogens (tertiary/aromatic N) is 2. The molecule has 6 heteroatoms. The zero-order chi connectivity index (χ0) is 15.9. The van der Waals surface area contributed by atoms with Gasteiger partial charge in [0, 0.05) is 39.5 Å². The molecule has 1 aliphatic rings. The summed E-state index contributed by atoms with van der Waals surface area (Å²) in [6.45, 7) is 4.36. The molecule has 2 amide bonds. The lowest BCUT2D eigenvalue weighted by Crippen LogP contribution is -2.50. The van der Waals surface area contributed by atoms with Gasteiger partial charge in [-0.15, -0.1) is 0 Å². The maximum absolute atomic E-state index is 12.7. The Hall–Kier alpha value is -2.11. The van der Waals surface area contributed by atoms with Crippen molar-refractivity contribution < 1.29 is 18.7 Å². The average molecular weight is 308 g/mol. The lowest BCUT2D eigenvalue weighted by Gasteiger charge is -2.34. The van der Waals surface area contributed by atoms with E-state index in [0.29, 0.717) is 51.4 Å². The summed E-state index contributed by atoms with van der Waals surface area (Å²) in [5, 5.41) is 0. The van der Waals surface area contributed by atoms with E-state index in [-0.39, 0.29) is 17.6 Å². The van der Waals surface area contributed by atoms with Crippen LogP contribution in [-0.4, -0.2) is 54.4 Å². The molecule has 0 spiro atoms. The van der Waals surface area contributed by atoms with Crippen molar-refractivity contribution in [2.24, 2.45) is 0 Å². The van der Waals surface area contributed by atoms with Crippen molar-refractivity contribution in [3.8, 4) is 5.75 Å². The third-order valence-electron chi connectivity index (χ3n) is 3.70. The van der Waals surface area contributed by atoms with Gasteiger partial charge >= 0.3 is 0 Å². The van der Waals surface area contributed by atoms with Crippen molar-refractivity contribution in [1.82, 2.24) is 9.80 Å². The normalized spacial score (nSPS) is 14.8. The summed E-state index contributed by atoms with van der Waals surface area (Å²) >= 11 is 0. The second-order valence-electron chi connectivity index (χ2n) is 5.29. The third-order valence-corrected chi connectivity index (χ3v) is 3.70. The van der Waals surface area contributed by atoms with Crippen LogP contribution in [0.1, 0.15) is 19.8 Å². The number of carbonyl (C=O) groups excluding carboxylic acids is 2. The molecule has 1 saturated heterocycles. The van der Waals surface area contributed by atoms with Crippen LogP contribution in [0.2, 0.25) is 0 Å². The van der Waals surface area contributed by atoms with Crippen molar-refractivity contribution in [3.05, 3.63) is 30.1 Å². The van der Waals surface area contributed by atoms with E-state index in [4.69, 9.17) is 4.74 Å². The highest BCUT2D eigenvalue weighted by Gasteiger charge is 2.21. The lowest BCUT2D eigenvalue weighted by molar-refractivity contribution is -0.138. The maximum Gasteiger partial charge on any atom is 0.222 e. The minimum Gasteiger partial charge on any atom is -0.494 e. The first-order chi connectivity index (χ1) is 10.6. The monoisotopic (exact) mass is 308 g/mol. The largest absolute Gasteiger partial charge is 0.494 e. The number of rotatable bonds is 5. The van der Waals surface area contributed by atoms with Gasteiger partial charge in [0.15, 0.2) is 0 Å². The Bertz CT molecular complexity index is 511. The van der Waals surface area contributed by atoms with E-state index < -0.39 is 0 Å². The summed E-state index contributed by atoms with van der Waals surface area (Å²) in [4.78, 5) is 26.8. The van der Waals surface area contributed by atoms with Crippen molar-refractivity contribution in [2.75, 3.05) is 32.8 Å². The molecule has 0 atom stereocenters. The van der Waals surface area contributed by atoms with Gasteiger partial charge in [-0.05, 0) is 30.7 Å². The summed E-state index contributed by atoms with van der Waals surface area (Å²) in [5.41, 5.74) is 0. The van der Waals surface area contributed by atoms with E-state index in [1.165, 1.54) is 12.1 Å². The summed E-state index contributed by atoms with van der Waals surface area (Å²) in [7, 11) is 0. The van der Waals surface area contributed by atoms with Crippen molar-refractivity contribution in [2.45, 2.75) is 19.8 Å². The Balaban J connectivity index is 1.64. The Morgan fingerprint density at radius 2 is 1.68 bits per heavy atom. The van der Waals surface area contributed by atoms with Crippen LogP contribution < -0.4 is 4.74 Å². The Morgan fingerprint density at radius 1 is 1.09 bits per heavy atom. The predicted octanol–water partition coefficient (Wildman–Crippen LogP) is 1.68. The van der Waals surface area contributed by atoms with Crippen LogP contribution in [0, 0.1) is 5.82 Å². The molecule has 0 saturated carbocycles. The fourth-order valence-electron chi connectivity index (χ4n) is 2.37. The summed E-state index contributed by atoms with van der Waals surface area (Å²) in [6, 6.07) is 5.82. The van der Waals surface area contributed by atoms with Crippen LogP contribution in [0.25, 0.3) is 0 Å². The number of ether oxygens (including phenoxy) is 1. The second-order valence-corrected chi connectivity index (χ2v) is 5.29. The highest BCUT2D eigenvalue weighted by Crippen LogP contribution is 2.12. The van der Waals surface area contributed by atoms with E-state index >= 15 is 0 Å². The third kappa shape index (κ3) is 4.72. The number of hydrogen-bond acceptors (Lipinski definition) is 3. The van der Waals surface area contributed by atoms with Crippen LogP contribution in [0.15, 0.2) is 24.3 Å². The molecule has 1 aromatic carbocycles. The molecule has 0 unspecified atom stereocenters. The second kappa shape index (κ2) is 7.77. The van der Waals surface area contributed by atoms with Crippen LogP contribution in [0.5, 0.6) is 5.75 Å². The van der Waals surface area contributed by atoms with Crippen LogP contribution in [-0.2, 0) is 9.59 Å². The fourth-order valence-corrected chi connectivity index (χ4v) is 2.37. The van der Waals surface area contributed by atoms with Gasteiger partial charge in [-0.25, -0.2) is 4.39 Å². The molecular weight excluding hydrogens is 287 g/mol. The van der Waals surface area contributed by atoms with Crippen molar-refractivity contribution in [3.63, 3.8) is 0 Å².